The van der Waals surface area contributed by atoms with Crippen LogP contribution >= 0.6 is 0 Å². The predicted molar refractivity (Wildman–Crippen MR) is 113 cm³/mol. The zero-order chi connectivity index (χ0) is 20.1. The van der Waals surface area contributed by atoms with Gasteiger partial charge in [-0.15, -0.1) is 0 Å². The number of carbonyl (C=O) groups excluding carboxylic acids is 2. The number of aromatic nitrogens is 1. The molecule has 3 amide bonds. The minimum Gasteiger partial charge on any atom is -0.338 e. The molecule has 144 valence electrons. The molecule has 0 spiro atoms. The van der Waals surface area contributed by atoms with Crippen molar-refractivity contribution in [2.45, 2.75) is 27.2 Å². The second-order valence-electron chi connectivity index (χ2n) is 6.61. The van der Waals surface area contributed by atoms with E-state index in [2.05, 4.69) is 20.9 Å². The molecule has 0 saturated heterocycles. The van der Waals surface area contributed by atoms with E-state index in [-0.39, 0.29) is 18.4 Å². The lowest BCUT2D eigenvalue weighted by Crippen LogP contribution is -2.28. The fourth-order valence-corrected chi connectivity index (χ4v) is 3.21. The van der Waals surface area contributed by atoms with E-state index in [1.54, 1.807) is 24.3 Å². The van der Waals surface area contributed by atoms with Crippen molar-refractivity contribution >= 4 is 34.2 Å². The first-order chi connectivity index (χ1) is 13.5. The van der Waals surface area contributed by atoms with E-state index in [0.29, 0.717) is 17.9 Å². The highest BCUT2D eigenvalue weighted by atomic mass is 16.2. The molecule has 2 aromatic carbocycles. The Labute approximate surface area is 164 Å². The molecule has 1 aromatic heterocycles. The van der Waals surface area contributed by atoms with Gasteiger partial charge in [0.2, 0.25) is 5.91 Å². The maximum Gasteiger partial charge on any atom is 0.319 e. The van der Waals surface area contributed by atoms with Crippen molar-refractivity contribution in [1.29, 1.82) is 0 Å². The van der Waals surface area contributed by atoms with Gasteiger partial charge in [0.15, 0.2) is 0 Å². The number of rotatable bonds is 5. The molecule has 0 fully saturated rings. The minimum absolute atomic E-state index is 0.126. The van der Waals surface area contributed by atoms with Crippen LogP contribution in [-0.4, -0.2) is 23.5 Å². The van der Waals surface area contributed by atoms with Gasteiger partial charge in [0, 0.05) is 29.0 Å². The molecular formula is C22H24N4O2. The van der Waals surface area contributed by atoms with Crippen LogP contribution in [0.2, 0.25) is 0 Å². The number of amides is 3. The fourth-order valence-electron chi connectivity index (χ4n) is 3.21. The van der Waals surface area contributed by atoms with Crippen molar-refractivity contribution < 1.29 is 9.59 Å². The van der Waals surface area contributed by atoms with Gasteiger partial charge in [0.05, 0.1) is 11.9 Å². The van der Waals surface area contributed by atoms with E-state index >= 15 is 0 Å². The maximum absolute atomic E-state index is 12.6. The number of urea groups is 1. The number of benzene rings is 2. The Balaban J connectivity index is 1.74. The van der Waals surface area contributed by atoms with E-state index in [1.807, 2.05) is 45.0 Å². The number of pyridine rings is 1. The highest BCUT2D eigenvalue weighted by molar-refractivity contribution is 5.95. The van der Waals surface area contributed by atoms with Crippen LogP contribution in [0.1, 0.15) is 23.7 Å². The Morgan fingerprint density at radius 2 is 1.68 bits per heavy atom. The van der Waals surface area contributed by atoms with Crippen LogP contribution in [0.15, 0.2) is 48.5 Å². The van der Waals surface area contributed by atoms with E-state index in [9.17, 15) is 9.59 Å². The summed E-state index contributed by atoms with van der Waals surface area (Å²) in [5.74, 6) is -0.126. The SMILES string of the molecule is CCNC(=O)Nc1cccc(NC(=O)Cc2c(C)nc3ccccc3c2C)c1. The smallest absolute Gasteiger partial charge is 0.319 e. The Morgan fingerprint density at radius 1 is 0.964 bits per heavy atom. The normalized spacial score (nSPS) is 10.5. The number of carbonyl (C=O) groups is 2. The summed E-state index contributed by atoms with van der Waals surface area (Å²) in [6.07, 6.45) is 0.240. The molecule has 28 heavy (non-hydrogen) atoms. The molecule has 0 aliphatic carbocycles. The van der Waals surface area contributed by atoms with Crippen molar-refractivity contribution in [1.82, 2.24) is 10.3 Å². The van der Waals surface area contributed by atoms with Crippen molar-refractivity contribution in [3.8, 4) is 0 Å². The number of hydrogen-bond acceptors (Lipinski definition) is 3. The van der Waals surface area contributed by atoms with Crippen molar-refractivity contribution in [3.63, 3.8) is 0 Å². The number of hydrogen-bond donors (Lipinski definition) is 3. The van der Waals surface area contributed by atoms with Gasteiger partial charge in [-0.3, -0.25) is 9.78 Å². The van der Waals surface area contributed by atoms with Crippen LogP contribution in [0.5, 0.6) is 0 Å². The largest absolute Gasteiger partial charge is 0.338 e. The van der Waals surface area contributed by atoms with Crippen molar-refractivity contribution in [2.75, 3.05) is 17.2 Å². The molecule has 1 heterocycles. The Bertz CT molecular complexity index is 1030. The van der Waals surface area contributed by atoms with Crippen molar-refractivity contribution in [3.05, 3.63) is 65.4 Å². The molecule has 6 heteroatoms. The summed E-state index contributed by atoms with van der Waals surface area (Å²) in [7, 11) is 0. The number of nitrogens with zero attached hydrogens (tertiary/aromatic N) is 1. The Kier molecular flexibility index (Phi) is 5.89. The Morgan fingerprint density at radius 3 is 2.43 bits per heavy atom. The summed E-state index contributed by atoms with van der Waals surface area (Å²) in [5, 5.41) is 9.36. The maximum atomic E-state index is 12.6. The van der Waals surface area contributed by atoms with Gasteiger partial charge in [-0.25, -0.2) is 4.79 Å². The molecule has 0 atom stereocenters. The van der Waals surface area contributed by atoms with Gasteiger partial charge in [-0.2, -0.15) is 0 Å². The summed E-state index contributed by atoms with van der Waals surface area (Å²) in [4.78, 5) is 28.9. The molecular weight excluding hydrogens is 352 g/mol. The van der Waals surface area contributed by atoms with E-state index in [0.717, 1.165) is 27.7 Å². The molecule has 0 bridgehead atoms. The number of fused-ring (bicyclic) bond motifs is 1. The second-order valence-corrected chi connectivity index (χ2v) is 6.61. The second kappa shape index (κ2) is 8.52. The van der Waals surface area contributed by atoms with Gasteiger partial charge < -0.3 is 16.0 Å². The summed E-state index contributed by atoms with van der Waals surface area (Å²) >= 11 is 0. The van der Waals surface area contributed by atoms with Crippen LogP contribution in [0.4, 0.5) is 16.2 Å². The van der Waals surface area contributed by atoms with Gasteiger partial charge >= 0.3 is 6.03 Å². The molecule has 6 nitrogen and oxygen atoms in total. The van der Waals surface area contributed by atoms with Gasteiger partial charge in [-0.05, 0) is 56.2 Å². The quantitative estimate of drug-likeness (QED) is 0.625. The van der Waals surface area contributed by atoms with Gasteiger partial charge in [-0.1, -0.05) is 24.3 Å². The summed E-state index contributed by atoms with van der Waals surface area (Å²) in [6.45, 7) is 6.35. The molecule has 3 N–H and O–H groups in total. The third-order valence-corrected chi connectivity index (χ3v) is 4.56. The average molecular weight is 376 g/mol. The lowest BCUT2D eigenvalue weighted by atomic mass is 9.99. The van der Waals surface area contributed by atoms with Crippen LogP contribution in [-0.2, 0) is 11.2 Å². The predicted octanol–water partition coefficient (Wildman–Crippen LogP) is 4.17. The Hall–Kier alpha value is -3.41. The first-order valence-corrected chi connectivity index (χ1v) is 9.27. The number of para-hydroxylation sites is 1. The molecule has 0 unspecified atom stereocenters. The lowest BCUT2D eigenvalue weighted by molar-refractivity contribution is -0.115. The van der Waals surface area contributed by atoms with E-state index in [1.165, 1.54) is 0 Å². The van der Waals surface area contributed by atoms with Crippen molar-refractivity contribution in [2.24, 2.45) is 0 Å². The van der Waals surface area contributed by atoms with Gasteiger partial charge in [0.1, 0.15) is 0 Å². The summed E-state index contributed by atoms with van der Waals surface area (Å²) in [5.41, 5.74) is 5.05. The molecule has 0 saturated carbocycles. The standard InChI is InChI=1S/C22H24N4O2/c1-4-23-22(28)26-17-9-7-8-16(12-17)25-21(27)13-19-14(2)18-10-5-6-11-20(18)24-15(19)3/h5-12H,4,13H2,1-3H3,(H,25,27)(H2,23,26,28). The molecule has 3 aromatic rings. The first-order valence-electron chi connectivity index (χ1n) is 9.27. The number of anilines is 2. The van der Waals surface area contributed by atoms with Crippen LogP contribution < -0.4 is 16.0 Å². The zero-order valence-electron chi connectivity index (χ0n) is 16.3. The van der Waals surface area contributed by atoms with Crippen LogP contribution in [0.3, 0.4) is 0 Å². The average Bonchev–Trinajstić information content (AvgIpc) is 2.65. The fraction of sp³-hybridized carbons (Fsp3) is 0.227. The number of nitrogens with one attached hydrogen (secondary N) is 3. The first kappa shape index (κ1) is 19.4. The van der Waals surface area contributed by atoms with Crippen LogP contribution in [0, 0.1) is 13.8 Å². The van der Waals surface area contributed by atoms with E-state index < -0.39 is 0 Å². The van der Waals surface area contributed by atoms with Gasteiger partial charge in [0.25, 0.3) is 0 Å². The molecule has 0 radical (unpaired) electrons. The third-order valence-electron chi connectivity index (χ3n) is 4.56. The molecule has 0 aliphatic heterocycles. The summed E-state index contributed by atoms with van der Waals surface area (Å²) in [6, 6.07) is 14.7. The van der Waals surface area contributed by atoms with E-state index in [4.69, 9.17) is 0 Å². The van der Waals surface area contributed by atoms with Crippen LogP contribution in [0.25, 0.3) is 10.9 Å². The summed E-state index contributed by atoms with van der Waals surface area (Å²) < 4.78 is 0. The minimum atomic E-state index is -0.278. The highest BCUT2D eigenvalue weighted by Gasteiger charge is 2.13. The monoisotopic (exact) mass is 376 g/mol. The number of aryl methyl sites for hydroxylation is 2. The molecule has 3 rings (SSSR count). The highest BCUT2D eigenvalue weighted by Crippen LogP contribution is 2.23. The molecule has 0 aliphatic rings. The topological polar surface area (TPSA) is 83.1 Å². The lowest BCUT2D eigenvalue weighted by Gasteiger charge is -2.13. The zero-order valence-corrected chi connectivity index (χ0v) is 16.3. The third kappa shape index (κ3) is 4.46.